The van der Waals surface area contributed by atoms with E-state index >= 15 is 0 Å². The maximum atomic E-state index is 11.8. The van der Waals surface area contributed by atoms with E-state index in [1.165, 1.54) is 11.3 Å². The van der Waals surface area contributed by atoms with E-state index in [-0.39, 0.29) is 18.4 Å². The van der Waals surface area contributed by atoms with E-state index in [0.717, 1.165) is 17.7 Å². The number of rotatable bonds is 4. The summed E-state index contributed by atoms with van der Waals surface area (Å²) in [5, 5.41) is 12.7. The van der Waals surface area contributed by atoms with Crippen molar-refractivity contribution < 1.29 is 14.6 Å². The van der Waals surface area contributed by atoms with E-state index in [0.29, 0.717) is 17.6 Å². The Bertz CT molecular complexity index is 404. The summed E-state index contributed by atoms with van der Waals surface area (Å²) >= 11 is 7.12. The Balaban J connectivity index is 1.78. The molecule has 1 aromatic rings. The maximum Gasteiger partial charge on any atom is 0.223 e. The topological polar surface area (TPSA) is 58.6 Å². The summed E-state index contributed by atoms with van der Waals surface area (Å²) in [7, 11) is 0. The Morgan fingerprint density at radius 1 is 1.56 bits per heavy atom. The Morgan fingerprint density at radius 2 is 2.28 bits per heavy atom. The molecule has 1 aliphatic rings. The molecule has 100 valence electrons. The SMILES string of the molecule is O=C(NC[C@H](O)c1ccc(Cl)s1)C1CCOCC1. The van der Waals surface area contributed by atoms with Crippen LogP contribution in [0.4, 0.5) is 0 Å². The number of ether oxygens (including phenoxy) is 1. The lowest BCUT2D eigenvalue weighted by Gasteiger charge is -2.21. The van der Waals surface area contributed by atoms with Gasteiger partial charge in [0.15, 0.2) is 0 Å². The van der Waals surface area contributed by atoms with Crippen LogP contribution in [-0.4, -0.2) is 30.8 Å². The van der Waals surface area contributed by atoms with Gasteiger partial charge in [-0.2, -0.15) is 0 Å². The fourth-order valence-corrected chi connectivity index (χ4v) is 2.96. The predicted octanol–water partition coefficient (Wildman–Crippen LogP) is 1.98. The molecule has 0 radical (unpaired) electrons. The number of nitrogens with one attached hydrogen (secondary N) is 1. The molecular weight excluding hydrogens is 274 g/mol. The largest absolute Gasteiger partial charge is 0.386 e. The average Bonchev–Trinajstić information content (AvgIpc) is 2.83. The van der Waals surface area contributed by atoms with Gasteiger partial charge in [0.25, 0.3) is 0 Å². The molecule has 0 aliphatic carbocycles. The number of amides is 1. The van der Waals surface area contributed by atoms with Crippen molar-refractivity contribution in [2.75, 3.05) is 19.8 Å². The molecular formula is C12H16ClNO3S. The van der Waals surface area contributed by atoms with Crippen molar-refractivity contribution in [1.82, 2.24) is 5.32 Å². The quantitative estimate of drug-likeness (QED) is 0.891. The molecule has 2 rings (SSSR count). The molecule has 1 amide bonds. The van der Waals surface area contributed by atoms with Crippen LogP contribution >= 0.6 is 22.9 Å². The first-order valence-electron chi connectivity index (χ1n) is 5.95. The molecule has 0 spiro atoms. The summed E-state index contributed by atoms with van der Waals surface area (Å²) in [5.74, 6) is 0.0119. The minimum absolute atomic E-state index is 0.00000283. The van der Waals surface area contributed by atoms with Crippen molar-refractivity contribution >= 4 is 28.8 Å². The molecule has 0 unspecified atom stereocenters. The van der Waals surface area contributed by atoms with Crippen molar-refractivity contribution in [3.8, 4) is 0 Å². The second-order valence-electron chi connectivity index (χ2n) is 4.29. The van der Waals surface area contributed by atoms with Crippen LogP contribution in [0.25, 0.3) is 0 Å². The predicted molar refractivity (Wildman–Crippen MR) is 70.8 cm³/mol. The molecule has 1 atom stereocenters. The Morgan fingerprint density at radius 3 is 2.89 bits per heavy atom. The van der Waals surface area contributed by atoms with E-state index in [1.807, 2.05) is 0 Å². The summed E-state index contributed by atoms with van der Waals surface area (Å²) in [6.45, 7) is 1.51. The van der Waals surface area contributed by atoms with Crippen molar-refractivity contribution in [2.24, 2.45) is 5.92 Å². The summed E-state index contributed by atoms with van der Waals surface area (Å²) in [5.41, 5.74) is 0. The second-order valence-corrected chi connectivity index (χ2v) is 6.04. The number of hydrogen-bond acceptors (Lipinski definition) is 4. The van der Waals surface area contributed by atoms with Crippen molar-refractivity contribution in [2.45, 2.75) is 18.9 Å². The third kappa shape index (κ3) is 3.68. The van der Waals surface area contributed by atoms with Crippen LogP contribution in [0.5, 0.6) is 0 Å². The lowest BCUT2D eigenvalue weighted by atomic mass is 9.99. The van der Waals surface area contributed by atoms with Gasteiger partial charge in [0.1, 0.15) is 6.10 Å². The van der Waals surface area contributed by atoms with E-state index < -0.39 is 6.10 Å². The van der Waals surface area contributed by atoms with Crippen molar-refractivity contribution in [3.05, 3.63) is 21.3 Å². The summed E-state index contributed by atoms with van der Waals surface area (Å²) in [6, 6.07) is 3.52. The number of thiophene rings is 1. The van der Waals surface area contributed by atoms with Gasteiger partial charge in [-0.05, 0) is 25.0 Å². The van der Waals surface area contributed by atoms with Crippen molar-refractivity contribution in [1.29, 1.82) is 0 Å². The first kappa shape index (κ1) is 13.8. The van der Waals surface area contributed by atoms with Crippen LogP contribution in [0.15, 0.2) is 12.1 Å². The van der Waals surface area contributed by atoms with E-state index in [1.54, 1.807) is 12.1 Å². The molecule has 2 heterocycles. The molecule has 2 N–H and O–H groups in total. The van der Waals surface area contributed by atoms with E-state index in [4.69, 9.17) is 16.3 Å². The highest BCUT2D eigenvalue weighted by atomic mass is 35.5. The van der Waals surface area contributed by atoms with Gasteiger partial charge < -0.3 is 15.2 Å². The van der Waals surface area contributed by atoms with Gasteiger partial charge in [-0.25, -0.2) is 0 Å². The molecule has 1 fully saturated rings. The van der Waals surface area contributed by atoms with E-state index in [2.05, 4.69) is 5.32 Å². The van der Waals surface area contributed by atoms with Gasteiger partial charge in [-0.15, -0.1) is 11.3 Å². The van der Waals surface area contributed by atoms with Crippen LogP contribution in [-0.2, 0) is 9.53 Å². The lowest BCUT2D eigenvalue weighted by molar-refractivity contribution is -0.128. The molecule has 1 saturated heterocycles. The van der Waals surface area contributed by atoms with Crippen LogP contribution in [0.3, 0.4) is 0 Å². The number of carbonyl (C=O) groups is 1. The lowest BCUT2D eigenvalue weighted by Crippen LogP contribution is -2.36. The summed E-state index contributed by atoms with van der Waals surface area (Å²) < 4.78 is 5.84. The van der Waals surface area contributed by atoms with Gasteiger partial charge in [0, 0.05) is 30.6 Å². The summed E-state index contributed by atoms with van der Waals surface area (Å²) in [6.07, 6.45) is 0.825. The zero-order chi connectivity index (χ0) is 13.0. The monoisotopic (exact) mass is 289 g/mol. The Kier molecular flexibility index (Phi) is 5.00. The average molecular weight is 290 g/mol. The highest BCUT2D eigenvalue weighted by Crippen LogP contribution is 2.26. The minimum Gasteiger partial charge on any atom is -0.386 e. The summed E-state index contributed by atoms with van der Waals surface area (Å²) in [4.78, 5) is 12.6. The molecule has 1 aromatic heterocycles. The third-order valence-corrected chi connectivity index (χ3v) is 4.32. The molecule has 0 aromatic carbocycles. The smallest absolute Gasteiger partial charge is 0.223 e. The standard InChI is InChI=1S/C12H16ClNO3S/c13-11-2-1-10(18-11)9(15)7-14-12(16)8-3-5-17-6-4-8/h1-2,8-9,15H,3-7H2,(H,14,16)/t9-/m0/s1. The molecule has 4 nitrogen and oxygen atoms in total. The minimum atomic E-state index is -0.689. The third-order valence-electron chi connectivity index (χ3n) is 2.98. The van der Waals surface area contributed by atoms with Gasteiger partial charge in [0.2, 0.25) is 5.91 Å². The van der Waals surface area contributed by atoms with Gasteiger partial charge >= 0.3 is 0 Å². The van der Waals surface area contributed by atoms with Gasteiger partial charge in [-0.3, -0.25) is 4.79 Å². The Labute approximate surface area is 115 Å². The number of aliphatic hydroxyl groups is 1. The van der Waals surface area contributed by atoms with Crippen LogP contribution in [0, 0.1) is 5.92 Å². The first-order chi connectivity index (χ1) is 8.66. The molecule has 6 heteroatoms. The van der Waals surface area contributed by atoms with E-state index in [9.17, 15) is 9.90 Å². The molecule has 1 aliphatic heterocycles. The molecule has 0 bridgehead atoms. The number of carbonyl (C=O) groups excluding carboxylic acids is 1. The normalized spacial score (nSPS) is 18.6. The van der Waals surface area contributed by atoms with Crippen LogP contribution < -0.4 is 5.32 Å². The zero-order valence-corrected chi connectivity index (χ0v) is 11.5. The fraction of sp³-hybridized carbons (Fsp3) is 0.583. The van der Waals surface area contributed by atoms with Gasteiger partial charge in [-0.1, -0.05) is 11.6 Å². The highest BCUT2D eigenvalue weighted by molar-refractivity contribution is 7.16. The Hall–Kier alpha value is -0.620. The van der Waals surface area contributed by atoms with Crippen LogP contribution in [0.1, 0.15) is 23.8 Å². The fourth-order valence-electron chi connectivity index (χ4n) is 1.91. The van der Waals surface area contributed by atoms with Gasteiger partial charge in [0.05, 0.1) is 4.34 Å². The number of aliphatic hydroxyl groups excluding tert-OH is 1. The zero-order valence-electron chi connectivity index (χ0n) is 9.89. The second kappa shape index (κ2) is 6.52. The van der Waals surface area contributed by atoms with Crippen LogP contribution in [0.2, 0.25) is 4.34 Å². The number of hydrogen-bond donors (Lipinski definition) is 2. The maximum absolute atomic E-state index is 11.8. The first-order valence-corrected chi connectivity index (χ1v) is 7.15. The van der Waals surface area contributed by atoms with Crippen molar-refractivity contribution in [3.63, 3.8) is 0 Å². The highest BCUT2D eigenvalue weighted by Gasteiger charge is 2.22. The number of halogens is 1. The molecule has 18 heavy (non-hydrogen) atoms. The molecule has 0 saturated carbocycles.